The van der Waals surface area contributed by atoms with Crippen LogP contribution in [0.5, 0.6) is 0 Å². The molecule has 1 aromatic carbocycles. The Balaban J connectivity index is 1.88. The second-order valence-corrected chi connectivity index (χ2v) is 7.70. The molecule has 0 amide bonds. The number of unbranched alkanes of at least 4 members (excludes halogenated alkanes) is 1. The zero-order valence-corrected chi connectivity index (χ0v) is 17.0. The number of aryl methyl sites for hydroxylation is 2. The minimum absolute atomic E-state index is 0.269. The Kier molecular flexibility index (Phi) is 5.87. The highest BCUT2D eigenvalue weighted by Crippen LogP contribution is 2.31. The first-order chi connectivity index (χ1) is 12.0. The number of benzene rings is 1. The quantitative estimate of drug-likeness (QED) is 0.628. The molecule has 0 spiro atoms. The second-order valence-electron chi connectivity index (χ2n) is 6.45. The van der Waals surface area contributed by atoms with E-state index in [1.165, 1.54) is 5.56 Å². The molecular formula is C19H23BrClN3O. The Morgan fingerprint density at radius 2 is 2.20 bits per heavy atom. The van der Waals surface area contributed by atoms with Crippen LogP contribution in [0.25, 0.3) is 5.70 Å². The van der Waals surface area contributed by atoms with Crippen LogP contribution >= 0.6 is 27.5 Å². The summed E-state index contributed by atoms with van der Waals surface area (Å²) in [7, 11) is 0. The summed E-state index contributed by atoms with van der Waals surface area (Å²) in [5.41, 5.74) is 5.24. The molecule has 0 saturated carbocycles. The fraction of sp³-hybridized carbons (Fsp3) is 0.421. The molecule has 0 radical (unpaired) electrons. The van der Waals surface area contributed by atoms with Crippen LogP contribution in [-0.4, -0.2) is 23.0 Å². The van der Waals surface area contributed by atoms with Crippen LogP contribution in [0.2, 0.25) is 5.02 Å². The normalized spacial score (nSPS) is 14.4. The lowest BCUT2D eigenvalue weighted by atomic mass is 10.0. The van der Waals surface area contributed by atoms with Crippen molar-refractivity contribution < 1.29 is 4.74 Å². The molecule has 0 atom stereocenters. The lowest BCUT2D eigenvalue weighted by Gasteiger charge is -2.28. The fourth-order valence-corrected chi connectivity index (χ4v) is 3.69. The van der Waals surface area contributed by atoms with Gasteiger partial charge in [0, 0.05) is 16.8 Å². The first kappa shape index (κ1) is 18.5. The summed E-state index contributed by atoms with van der Waals surface area (Å²) in [6, 6.07) is 6.29. The van der Waals surface area contributed by atoms with E-state index in [0.717, 1.165) is 51.5 Å². The van der Waals surface area contributed by atoms with Crippen LogP contribution < -0.4 is 5.32 Å². The van der Waals surface area contributed by atoms with Crippen LogP contribution in [0, 0.1) is 6.92 Å². The highest BCUT2D eigenvalue weighted by atomic mass is 79.9. The molecule has 0 bridgehead atoms. The number of ether oxygens (including phenoxy) is 1. The van der Waals surface area contributed by atoms with Gasteiger partial charge in [0.25, 0.3) is 0 Å². The molecule has 134 valence electrons. The van der Waals surface area contributed by atoms with Crippen molar-refractivity contribution in [2.24, 2.45) is 0 Å². The molecule has 1 aliphatic heterocycles. The van der Waals surface area contributed by atoms with Crippen LogP contribution in [0.3, 0.4) is 0 Å². The summed E-state index contributed by atoms with van der Waals surface area (Å²) in [6.07, 6.45) is 3.27. The van der Waals surface area contributed by atoms with Gasteiger partial charge in [-0.2, -0.15) is 5.10 Å². The minimum Gasteiger partial charge on any atom is -0.377 e. The summed E-state index contributed by atoms with van der Waals surface area (Å²) >= 11 is 9.74. The maximum atomic E-state index is 6.27. The summed E-state index contributed by atoms with van der Waals surface area (Å²) in [5.74, 6) is 0. The van der Waals surface area contributed by atoms with E-state index in [1.54, 1.807) is 0 Å². The van der Waals surface area contributed by atoms with Gasteiger partial charge in [-0.1, -0.05) is 31.5 Å². The Labute approximate surface area is 162 Å². The monoisotopic (exact) mass is 423 g/mol. The lowest BCUT2D eigenvalue weighted by Crippen LogP contribution is -2.32. The molecule has 1 aromatic heterocycles. The molecule has 2 heterocycles. The van der Waals surface area contributed by atoms with Crippen molar-refractivity contribution in [1.82, 2.24) is 9.78 Å². The molecule has 4 nitrogen and oxygen atoms in total. The summed E-state index contributed by atoms with van der Waals surface area (Å²) in [5, 5.41) is 8.82. The van der Waals surface area contributed by atoms with Crippen LogP contribution in [0.1, 0.15) is 42.6 Å². The highest BCUT2D eigenvalue weighted by molar-refractivity contribution is 9.10. The van der Waals surface area contributed by atoms with Gasteiger partial charge >= 0.3 is 0 Å². The van der Waals surface area contributed by atoms with Crippen molar-refractivity contribution in [3.8, 4) is 0 Å². The minimum atomic E-state index is 0.269. The third-order valence-corrected chi connectivity index (χ3v) is 5.04. The van der Waals surface area contributed by atoms with Gasteiger partial charge in [0.05, 0.1) is 30.6 Å². The SMILES string of the molecule is C=C(Nc1c(C)cc(Cl)cc1CCCC)c1cc(Br)nn1C1COC1. The van der Waals surface area contributed by atoms with Crippen LogP contribution in [-0.2, 0) is 11.2 Å². The van der Waals surface area contributed by atoms with Crippen molar-refractivity contribution in [2.75, 3.05) is 18.5 Å². The van der Waals surface area contributed by atoms with Crippen LogP contribution in [0.15, 0.2) is 29.4 Å². The van der Waals surface area contributed by atoms with Crippen LogP contribution in [0.4, 0.5) is 5.69 Å². The zero-order chi connectivity index (χ0) is 18.0. The number of hydrogen-bond acceptors (Lipinski definition) is 3. The molecule has 1 saturated heterocycles. The van der Waals surface area contributed by atoms with Crippen molar-refractivity contribution in [3.63, 3.8) is 0 Å². The molecule has 1 fully saturated rings. The summed E-state index contributed by atoms with van der Waals surface area (Å²) in [6.45, 7) is 9.90. The van der Waals surface area contributed by atoms with Gasteiger partial charge in [-0.25, -0.2) is 0 Å². The van der Waals surface area contributed by atoms with Crippen molar-refractivity contribution >= 4 is 38.9 Å². The van der Waals surface area contributed by atoms with Gasteiger partial charge in [-0.15, -0.1) is 0 Å². The Morgan fingerprint density at radius 1 is 1.44 bits per heavy atom. The molecule has 25 heavy (non-hydrogen) atoms. The molecule has 1 N–H and O–H groups in total. The predicted octanol–water partition coefficient (Wildman–Crippen LogP) is 5.60. The van der Waals surface area contributed by atoms with E-state index in [-0.39, 0.29) is 6.04 Å². The van der Waals surface area contributed by atoms with Crippen molar-refractivity contribution in [3.05, 3.63) is 51.2 Å². The summed E-state index contributed by atoms with van der Waals surface area (Å²) < 4.78 is 8.09. The number of nitrogens with one attached hydrogen (secondary N) is 1. The Morgan fingerprint density at radius 3 is 2.84 bits per heavy atom. The number of nitrogens with zero attached hydrogens (tertiary/aromatic N) is 2. The Bertz CT molecular complexity index is 783. The Hall–Kier alpha value is -1.30. The average molecular weight is 425 g/mol. The van der Waals surface area contributed by atoms with Gasteiger partial charge < -0.3 is 10.1 Å². The molecular weight excluding hydrogens is 402 g/mol. The van der Waals surface area contributed by atoms with Crippen molar-refractivity contribution in [2.45, 2.75) is 39.2 Å². The van der Waals surface area contributed by atoms with Gasteiger partial charge in [-0.05, 0) is 59.0 Å². The zero-order valence-electron chi connectivity index (χ0n) is 14.6. The number of halogens is 2. The predicted molar refractivity (Wildman–Crippen MR) is 107 cm³/mol. The molecule has 2 aromatic rings. The van der Waals surface area contributed by atoms with E-state index >= 15 is 0 Å². The van der Waals surface area contributed by atoms with E-state index in [2.05, 4.69) is 46.8 Å². The van der Waals surface area contributed by atoms with E-state index in [9.17, 15) is 0 Å². The standard InChI is InChI=1S/C19H23BrClN3O/c1-4-5-6-14-8-15(21)7-12(2)19(14)22-13(3)17-9-18(20)23-24(17)16-10-25-11-16/h7-9,16,22H,3-6,10-11H2,1-2H3. The molecule has 0 unspecified atom stereocenters. The maximum absolute atomic E-state index is 6.27. The molecule has 0 aliphatic carbocycles. The van der Waals surface area contributed by atoms with Gasteiger partial charge in [-0.3, -0.25) is 4.68 Å². The number of hydrogen-bond donors (Lipinski definition) is 1. The van der Waals surface area contributed by atoms with E-state index in [0.29, 0.717) is 13.2 Å². The van der Waals surface area contributed by atoms with E-state index in [1.807, 2.05) is 22.9 Å². The third kappa shape index (κ3) is 4.10. The fourth-order valence-electron chi connectivity index (χ4n) is 3.00. The summed E-state index contributed by atoms with van der Waals surface area (Å²) in [4.78, 5) is 0. The third-order valence-electron chi connectivity index (χ3n) is 4.44. The van der Waals surface area contributed by atoms with Crippen molar-refractivity contribution in [1.29, 1.82) is 0 Å². The molecule has 3 rings (SSSR count). The first-order valence-electron chi connectivity index (χ1n) is 8.57. The average Bonchev–Trinajstić information content (AvgIpc) is 2.87. The second kappa shape index (κ2) is 7.94. The van der Waals surface area contributed by atoms with Gasteiger partial charge in [0.15, 0.2) is 0 Å². The molecule has 1 aliphatic rings. The van der Waals surface area contributed by atoms with E-state index < -0.39 is 0 Å². The van der Waals surface area contributed by atoms with Gasteiger partial charge in [0.2, 0.25) is 0 Å². The highest BCUT2D eigenvalue weighted by Gasteiger charge is 2.25. The maximum Gasteiger partial charge on any atom is 0.128 e. The van der Waals surface area contributed by atoms with Gasteiger partial charge in [0.1, 0.15) is 4.60 Å². The smallest absolute Gasteiger partial charge is 0.128 e. The molecule has 6 heteroatoms. The first-order valence-corrected chi connectivity index (χ1v) is 9.74. The number of rotatable bonds is 7. The lowest BCUT2D eigenvalue weighted by molar-refractivity contribution is -0.0291. The topological polar surface area (TPSA) is 39.1 Å². The largest absolute Gasteiger partial charge is 0.377 e. The van der Waals surface area contributed by atoms with E-state index in [4.69, 9.17) is 16.3 Å². The number of anilines is 1. The number of aromatic nitrogens is 2.